The van der Waals surface area contributed by atoms with Crippen molar-refractivity contribution in [3.8, 4) is 17.3 Å². The molecule has 0 unspecified atom stereocenters. The Kier molecular flexibility index (Phi) is 7.31. The number of pyridine rings is 2. The average Bonchev–Trinajstić information content (AvgIpc) is 3.26. The van der Waals surface area contributed by atoms with Crippen LogP contribution in [0.3, 0.4) is 0 Å². The lowest BCUT2D eigenvalue weighted by atomic mass is 9.83. The highest BCUT2D eigenvalue weighted by Crippen LogP contribution is 2.37. The highest BCUT2D eigenvalue weighted by atomic mass is 35.5. The highest BCUT2D eigenvalue weighted by molar-refractivity contribution is 6.30. The number of nitriles is 1. The van der Waals surface area contributed by atoms with Gasteiger partial charge in [-0.2, -0.15) is 5.26 Å². The molecule has 1 aliphatic carbocycles. The lowest BCUT2D eigenvalue weighted by Gasteiger charge is -2.28. The van der Waals surface area contributed by atoms with Crippen molar-refractivity contribution in [3.05, 3.63) is 77.0 Å². The van der Waals surface area contributed by atoms with E-state index in [4.69, 9.17) is 26.3 Å². The molecule has 1 fully saturated rings. The second-order valence-electron chi connectivity index (χ2n) is 9.68. The van der Waals surface area contributed by atoms with Gasteiger partial charge in [-0.1, -0.05) is 61.7 Å². The minimum absolute atomic E-state index is 0.313. The molecule has 0 spiro atoms. The van der Waals surface area contributed by atoms with Crippen molar-refractivity contribution in [2.45, 2.75) is 52.2 Å². The number of hydrogen-bond donors (Lipinski definition) is 0. The summed E-state index contributed by atoms with van der Waals surface area (Å²) in [4.78, 5) is 14.1. The first-order valence-electron chi connectivity index (χ1n) is 12.7. The van der Waals surface area contributed by atoms with Crippen LogP contribution in [0, 0.1) is 23.2 Å². The van der Waals surface area contributed by atoms with Crippen LogP contribution >= 0.6 is 11.6 Å². The molecule has 0 N–H and O–H groups in total. The standard InChI is InChI=1S/C29H30ClN5O/c1-3-36-28(21-7-5-4-6-8-21)29-34-25-14-24(15-31)33-26(22-13-23(30)17-32-16-22)27(25)35(29)18-20-11-9-19(2)10-12-20/h4-8,13-14,16-17,19-20,28H,3,9-12,18H2,1-2H3/t19-,20-,28-/m1/s1. The van der Waals surface area contributed by atoms with Gasteiger partial charge in [0, 0.05) is 37.2 Å². The molecule has 1 aromatic carbocycles. The molecular weight excluding hydrogens is 470 g/mol. The average molecular weight is 500 g/mol. The summed E-state index contributed by atoms with van der Waals surface area (Å²) >= 11 is 6.31. The van der Waals surface area contributed by atoms with Gasteiger partial charge in [0.15, 0.2) is 0 Å². The summed E-state index contributed by atoms with van der Waals surface area (Å²) in [5.74, 6) is 2.15. The van der Waals surface area contributed by atoms with E-state index in [0.717, 1.165) is 40.4 Å². The molecule has 0 bridgehead atoms. The van der Waals surface area contributed by atoms with E-state index >= 15 is 0 Å². The van der Waals surface area contributed by atoms with Gasteiger partial charge in [-0.05, 0) is 43.2 Å². The quantitative estimate of drug-likeness (QED) is 0.274. The Morgan fingerprint density at radius 1 is 1.11 bits per heavy atom. The zero-order chi connectivity index (χ0) is 25.1. The molecule has 36 heavy (non-hydrogen) atoms. The molecule has 1 atom stereocenters. The summed E-state index contributed by atoms with van der Waals surface area (Å²) in [6, 6.07) is 16.0. The monoisotopic (exact) mass is 499 g/mol. The number of hydrogen-bond acceptors (Lipinski definition) is 5. The second-order valence-corrected chi connectivity index (χ2v) is 10.1. The fourth-order valence-electron chi connectivity index (χ4n) is 5.24. The lowest BCUT2D eigenvalue weighted by molar-refractivity contribution is 0.0817. The predicted molar refractivity (Wildman–Crippen MR) is 142 cm³/mol. The van der Waals surface area contributed by atoms with Crippen LogP contribution in [0.4, 0.5) is 0 Å². The molecule has 184 valence electrons. The molecule has 5 rings (SSSR count). The largest absolute Gasteiger partial charge is 0.366 e. The van der Waals surface area contributed by atoms with Crippen LogP contribution < -0.4 is 0 Å². The molecule has 1 saturated carbocycles. The number of fused-ring (bicyclic) bond motifs is 1. The number of imidazole rings is 1. The Labute approximate surface area is 216 Å². The smallest absolute Gasteiger partial charge is 0.143 e. The van der Waals surface area contributed by atoms with Crippen molar-refractivity contribution in [1.29, 1.82) is 5.26 Å². The number of nitrogens with zero attached hydrogens (tertiary/aromatic N) is 5. The number of ether oxygens (including phenoxy) is 1. The Morgan fingerprint density at radius 2 is 1.89 bits per heavy atom. The number of halogens is 1. The van der Waals surface area contributed by atoms with Crippen LogP contribution in [0.2, 0.25) is 5.02 Å². The van der Waals surface area contributed by atoms with Gasteiger partial charge in [0.2, 0.25) is 0 Å². The van der Waals surface area contributed by atoms with Gasteiger partial charge in [-0.15, -0.1) is 0 Å². The Bertz CT molecular complexity index is 1390. The van der Waals surface area contributed by atoms with Crippen LogP contribution in [0.25, 0.3) is 22.3 Å². The predicted octanol–water partition coefficient (Wildman–Crippen LogP) is 6.97. The maximum absolute atomic E-state index is 9.74. The minimum atomic E-state index is -0.331. The summed E-state index contributed by atoms with van der Waals surface area (Å²) in [6.07, 6.45) is 7.85. The summed E-state index contributed by atoms with van der Waals surface area (Å²) in [5.41, 5.74) is 4.43. The third-order valence-electron chi connectivity index (χ3n) is 7.09. The van der Waals surface area contributed by atoms with Gasteiger partial charge in [-0.3, -0.25) is 4.98 Å². The normalized spacial score (nSPS) is 18.7. The van der Waals surface area contributed by atoms with Crippen LogP contribution in [0.15, 0.2) is 54.9 Å². The molecule has 6 nitrogen and oxygen atoms in total. The fourth-order valence-corrected chi connectivity index (χ4v) is 5.42. The molecule has 1 aliphatic rings. The Morgan fingerprint density at radius 3 is 2.58 bits per heavy atom. The first-order valence-corrected chi connectivity index (χ1v) is 13.0. The Balaban J connectivity index is 1.75. The molecule has 3 heterocycles. The van der Waals surface area contributed by atoms with Crippen molar-refractivity contribution in [3.63, 3.8) is 0 Å². The van der Waals surface area contributed by atoms with E-state index in [1.807, 2.05) is 31.2 Å². The lowest BCUT2D eigenvalue weighted by Crippen LogP contribution is -2.21. The van der Waals surface area contributed by atoms with E-state index in [1.54, 1.807) is 18.5 Å². The topological polar surface area (TPSA) is 76.6 Å². The Hall–Kier alpha value is -3.27. The van der Waals surface area contributed by atoms with Crippen LogP contribution in [-0.4, -0.2) is 26.1 Å². The van der Waals surface area contributed by atoms with Gasteiger partial charge < -0.3 is 9.30 Å². The van der Waals surface area contributed by atoms with Crippen molar-refractivity contribution in [1.82, 2.24) is 19.5 Å². The van der Waals surface area contributed by atoms with Crippen molar-refractivity contribution in [2.24, 2.45) is 11.8 Å². The first kappa shape index (κ1) is 24.4. The second kappa shape index (κ2) is 10.8. The summed E-state index contributed by atoms with van der Waals surface area (Å²) in [5, 5.41) is 10.3. The van der Waals surface area contributed by atoms with E-state index in [1.165, 1.54) is 25.7 Å². The molecule has 4 aromatic rings. The maximum Gasteiger partial charge on any atom is 0.143 e. The van der Waals surface area contributed by atoms with Crippen molar-refractivity contribution < 1.29 is 4.74 Å². The summed E-state index contributed by atoms with van der Waals surface area (Å²) in [6.45, 7) is 5.72. The number of rotatable bonds is 7. The maximum atomic E-state index is 9.74. The van der Waals surface area contributed by atoms with Crippen LogP contribution in [0.5, 0.6) is 0 Å². The zero-order valence-electron chi connectivity index (χ0n) is 20.7. The molecule has 0 aliphatic heterocycles. The molecule has 0 radical (unpaired) electrons. The highest BCUT2D eigenvalue weighted by Gasteiger charge is 2.28. The molecule has 3 aromatic heterocycles. The van der Waals surface area contributed by atoms with E-state index < -0.39 is 0 Å². The minimum Gasteiger partial charge on any atom is -0.366 e. The third-order valence-corrected chi connectivity index (χ3v) is 7.30. The summed E-state index contributed by atoms with van der Waals surface area (Å²) in [7, 11) is 0. The van der Waals surface area contributed by atoms with Crippen LogP contribution in [0.1, 0.15) is 62.7 Å². The van der Waals surface area contributed by atoms with Gasteiger partial charge in [0.05, 0.1) is 21.7 Å². The van der Waals surface area contributed by atoms with Gasteiger partial charge in [0.1, 0.15) is 23.7 Å². The molecular formula is C29H30ClN5O. The number of benzene rings is 1. The molecule has 0 saturated heterocycles. The third kappa shape index (κ3) is 5.00. The van der Waals surface area contributed by atoms with Gasteiger partial charge in [-0.25, -0.2) is 9.97 Å². The first-order chi connectivity index (χ1) is 17.6. The van der Waals surface area contributed by atoms with E-state index in [2.05, 4.69) is 34.7 Å². The SMILES string of the molecule is CCO[C@H](c1ccccc1)c1nc2cc(C#N)nc(-c3cncc(Cl)c3)c2n1C[C@H]1CC[C@H](C)CC1. The van der Waals surface area contributed by atoms with Gasteiger partial charge in [0.25, 0.3) is 0 Å². The number of aromatic nitrogens is 4. The van der Waals surface area contributed by atoms with E-state index in [0.29, 0.717) is 28.9 Å². The molecule has 7 heteroatoms. The zero-order valence-corrected chi connectivity index (χ0v) is 21.4. The molecule has 0 amide bonds. The van der Waals surface area contributed by atoms with Crippen LogP contribution in [-0.2, 0) is 11.3 Å². The van der Waals surface area contributed by atoms with Crippen molar-refractivity contribution in [2.75, 3.05) is 6.61 Å². The van der Waals surface area contributed by atoms with Crippen molar-refractivity contribution >= 4 is 22.6 Å². The van der Waals surface area contributed by atoms with Gasteiger partial charge >= 0.3 is 0 Å². The van der Waals surface area contributed by atoms with E-state index in [9.17, 15) is 5.26 Å². The van der Waals surface area contributed by atoms with E-state index in [-0.39, 0.29) is 6.10 Å². The fraction of sp³-hybridized carbons (Fsp3) is 0.379. The summed E-state index contributed by atoms with van der Waals surface area (Å²) < 4.78 is 8.60.